The highest BCUT2D eigenvalue weighted by atomic mass is 35.5. The van der Waals surface area contributed by atoms with Crippen molar-refractivity contribution in [3.05, 3.63) is 68.8 Å². The van der Waals surface area contributed by atoms with E-state index in [1.54, 1.807) is 44.2 Å². The van der Waals surface area contributed by atoms with Crippen LogP contribution in [0.25, 0.3) is 16.9 Å². The van der Waals surface area contributed by atoms with Gasteiger partial charge in [0.05, 0.1) is 24.5 Å². The third kappa shape index (κ3) is 5.45. The van der Waals surface area contributed by atoms with E-state index in [2.05, 4.69) is 15.4 Å². The number of amides is 1. The number of hydrogen-bond donors (Lipinski definition) is 1. The number of benzene rings is 1. The quantitative estimate of drug-likeness (QED) is 0.265. The van der Waals surface area contributed by atoms with Crippen molar-refractivity contribution in [2.24, 2.45) is 0 Å². The van der Waals surface area contributed by atoms with Crippen molar-refractivity contribution in [2.45, 2.75) is 26.9 Å². The van der Waals surface area contributed by atoms with E-state index in [9.17, 15) is 27.6 Å². The Morgan fingerprint density at radius 3 is 2.33 bits per heavy atom. The smallest absolute Gasteiger partial charge is 0.433 e. The van der Waals surface area contributed by atoms with Gasteiger partial charge in [-0.1, -0.05) is 41.9 Å². The van der Waals surface area contributed by atoms with Crippen LogP contribution in [0.1, 0.15) is 55.6 Å². The summed E-state index contributed by atoms with van der Waals surface area (Å²) in [7, 11) is 0. The lowest BCUT2D eigenvalue weighted by Gasteiger charge is -2.11. The van der Waals surface area contributed by atoms with Crippen molar-refractivity contribution < 1.29 is 37.0 Å². The summed E-state index contributed by atoms with van der Waals surface area (Å²) < 4.78 is 52.4. The van der Waals surface area contributed by atoms with Crippen molar-refractivity contribution in [3.8, 4) is 11.3 Å². The lowest BCUT2D eigenvalue weighted by Crippen LogP contribution is -2.17. The number of nitrogens with zero attached hydrogens (tertiary/aromatic N) is 3. The molecule has 0 aliphatic carbocycles. The number of fused-ring (bicyclic) bond motifs is 1. The normalized spacial score (nSPS) is 11.5. The van der Waals surface area contributed by atoms with Crippen molar-refractivity contribution >= 4 is 51.4 Å². The minimum absolute atomic E-state index is 0.0180. The van der Waals surface area contributed by atoms with E-state index < -0.39 is 46.1 Å². The molecule has 3 heterocycles. The standard InChI is InChI=1S/C25H20ClF3N4O5S/c1-4-37-23(35)16-12(3)19(24(36)38-5-2)39-22(16)31-21(34)18-17(26)20-30-14(13-9-7-6-8-10-13)11-15(25(27,28)29)33(20)32-18/h6-11H,4-5H2,1-3H3,(H,31,34). The topological polar surface area (TPSA) is 112 Å². The monoisotopic (exact) mass is 580 g/mol. The van der Waals surface area contributed by atoms with E-state index in [1.807, 2.05) is 0 Å². The lowest BCUT2D eigenvalue weighted by atomic mass is 10.1. The molecule has 0 atom stereocenters. The molecule has 3 aromatic heterocycles. The first kappa shape index (κ1) is 28.0. The SMILES string of the molecule is CCOC(=O)c1sc(NC(=O)c2nn3c(C(F)(F)F)cc(-c4ccccc4)nc3c2Cl)c(C(=O)OCC)c1C. The number of alkyl halides is 3. The van der Waals surface area contributed by atoms with Gasteiger partial charge in [-0.05, 0) is 32.4 Å². The Labute approximate surface area is 228 Å². The van der Waals surface area contributed by atoms with E-state index in [0.717, 1.165) is 17.4 Å². The van der Waals surface area contributed by atoms with E-state index >= 15 is 0 Å². The van der Waals surface area contributed by atoms with Gasteiger partial charge in [0.25, 0.3) is 5.91 Å². The summed E-state index contributed by atoms with van der Waals surface area (Å²) in [5, 5.41) is 5.71. The summed E-state index contributed by atoms with van der Waals surface area (Å²) in [4.78, 5) is 42.5. The highest BCUT2D eigenvalue weighted by Crippen LogP contribution is 2.37. The second-order valence-electron chi connectivity index (χ2n) is 7.94. The molecule has 1 amide bonds. The Balaban J connectivity index is 1.82. The molecule has 9 nitrogen and oxygen atoms in total. The van der Waals surface area contributed by atoms with Gasteiger partial charge in [0, 0.05) is 5.56 Å². The van der Waals surface area contributed by atoms with Crippen LogP contribution in [0.15, 0.2) is 36.4 Å². The molecule has 0 bridgehead atoms. The number of esters is 2. The summed E-state index contributed by atoms with van der Waals surface area (Å²) >= 11 is 7.09. The minimum atomic E-state index is -4.86. The maximum atomic E-state index is 14.0. The number of nitrogens with one attached hydrogen (secondary N) is 1. The van der Waals surface area contributed by atoms with Crippen LogP contribution in [0.3, 0.4) is 0 Å². The summed E-state index contributed by atoms with van der Waals surface area (Å²) in [5.41, 5.74) is -1.68. The first-order valence-electron chi connectivity index (χ1n) is 11.5. The number of ether oxygens (including phenoxy) is 2. The number of halogens is 4. The number of thiophene rings is 1. The van der Waals surface area contributed by atoms with Gasteiger partial charge in [-0.15, -0.1) is 11.3 Å². The van der Waals surface area contributed by atoms with Gasteiger partial charge in [0.1, 0.15) is 14.9 Å². The zero-order valence-corrected chi connectivity index (χ0v) is 22.3. The van der Waals surface area contributed by atoms with Crippen molar-refractivity contribution in [2.75, 3.05) is 18.5 Å². The summed E-state index contributed by atoms with van der Waals surface area (Å²) in [5.74, 6) is -2.56. The zero-order chi connectivity index (χ0) is 28.5. The molecule has 0 saturated heterocycles. The van der Waals surface area contributed by atoms with E-state index in [1.165, 1.54) is 6.92 Å². The van der Waals surface area contributed by atoms with Crippen molar-refractivity contribution in [3.63, 3.8) is 0 Å². The minimum Gasteiger partial charge on any atom is -0.462 e. The van der Waals surface area contributed by atoms with Gasteiger partial charge in [-0.2, -0.15) is 18.3 Å². The van der Waals surface area contributed by atoms with Gasteiger partial charge in [0.2, 0.25) is 0 Å². The molecule has 0 unspecified atom stereocenters. The second-order valence-corrected chi connectivity index (χ2v) is 9.34. The first-order chi connectivity index (χ1) is 18.5. The summed E-state index contributed by atoms with van der Waals surface area (Å²) in [6.07, 6.45) is -4.86. The largest absolute Gasteiger partial charge is 0.462 e. The predicted molar refractivity (Wildman–Crippen MR) is 137 cm³/mol. The Morgan fingerprint density at radius 1 is 1.08 bits per heavy atom. The molecule has 39 heavy (non-hydrogen) atoms. The van der Waals surface area contributed by atoms with Crippen molar-refractivity contribution in [1.82, 2.24) is 14.6 Å². The van der Waals surface area contributed by atoms with Crippen LogP contribution in [0.4, 0.5) is 18.2 Å². The van der Waals surface area contributed by atoms with E-state index in [4.69, 9.17) is 21.1 Å². The number of carbonyl (C=O) groups excluding carboxylic acids is 3. The Hall–Kier alpha value is -3.97. The molecule has 0 aliphatic rings. The van der Waals surface area contributed by atoms with E-state index in [-0.39, 0.29) is 39.9 Å². The Kier molecular flexibility index (Phi) is 7.93. The molecule has 0 spiro atoms. The van der Waals surface area contributed by atoms with Gasteiger partial charge in [0.15, 0.2) is 17.0 Å². The van der Waals surface area contributed by atoms with E-state index in [0.29, 0.717) is 10.1 Å². The third-order valence-corrected chi connectivity index (χ3v) is 6.96. The van der Waals surface area contributed by atoms with Gasteiger partial charge in [-0.25, -0.2) is 19.1 Å². The van der Waals surface area contributed by atoms with Crippen LogP contribution in [-0.2, 0) is 15.7 Å². The summed E-state index contributed by atoms with van der Waals surface area (Å²) in [6.45, 7) is 4.75. The first-order valence-corrected chi connectivity index (χ1v) is 12.7. The van der Waals surface area contributed by atoms with Crippen LogP contribution >= 0.6 is 22.9 Å². The maximum Gasteiger partial charge on any atom is 0.433 e. The number of aromatic nitrogens is 3. The maximum absolute atomic E-state index is 14.0. The number of anilines is 1. The van der Waals surface area contributed by atoms with Crippen LogP contribution in [-0.4, -0.2) is 45.7 Å². The molecule has 4 rings (SSSR count). The van der Waals surface area contributed by atoms with Gasteiger partial charge >= 0.3 is 18.1 Å². The molecular formula is C25H20ClF3N4O5S. The van der Waals surface area contributed by atoms with Crippen LogP contribution in [0.2, 0.25) is 5.02 Å². The molecule has 204 valence electrons. The molecule has 0 fully saturated rings. The average molecular weight is 581 g/mol. The van der Waals surface area contributed by atoms with Crippen LogP contribution in [0.5, 0.6) is 0 Å². The molecule has 1 aromatic carbocycles. The molecule has 14 heteroatoms. The third-order valence-electron chi connectivity index (χ3n) is 5.42. The van der Waals surface area contributed by atoms with Crippen molar-refractivity contribution in [1.29, 1.82) is 0 Å². The summed E-state index contributed by atoms with van der Waals surface area (Å²) in [6, 6.07) is 8.94. The molecule has 4 aromatic rings. The second kappa shape index (κ2) is 11.0. The molecule has 0 saturated carbocycles. The fraction of sp³-hybridized carbons (Fsp3) is 0.240. The van der Waals surface area contributed by atoms with Crippen LogP contribution in [0, 0.1) is 6.92 Å². The highest BCUT2D eigenvalue weighted by molar-refractivity contribution is 7.18. The zero-order valence-electron chi connectivity index (χ0n) is 20.7. The highest BCUT2D eigenvalue weighted by Gasteiger charge is 2.37. The molecule has 0 aliphatic heterocycles. The fourth-order valence-corrected chi connectivity index (χ4v) is 5.03. The molecular weight excluding hydrogens is 561 g/mol. The number of carbonyl (C=O) groups is 3. The number of hydrogen-bond acceptors (Lipinski definition) is 8. The fourth-order valence-electron chi connectivity index (χ4n) is 3.70. The molecule has 0 radical (unpaired) electrons. The number of rotatable bonds is 7. The lowest BCUT2D eigenvalue weighted by molar-refractivity contribution is -0.142. The Bertz CT molecular complexity index is 1580. The molecule has 1 N–H and O–H groups in total. The van der Waals surface area contributed by atoms with Gasteiger partial charge in [-0.3, -0.25) is 4.79 Å². The average Bonchev–Trinajstić information content (AvgIpc) is 3.40. The predicted octanol–water partition coefficient (Wildman–Crippen LogP) is 6.04. The van der Waals surface area contributed by atoms with Crippen LogP contribution < -0.4 is 5.32 Å². The van der Waals surface area contributed by atoms with Gasteiger partial charge < -0.3 is 14.8 Å². The Morgan fingerprint density at radius 2 is 1.72 bits per heavy atom.